The first-order chi connectivity index (χ1) is 9.79. The summed E-state index contributed by atoms with van der Waals surface area (Å²) in [6.45, 7) is 0. The number of hydrogen-bond acceptors (Lipinski definition) is 2. The fraction of sp³-hybridized carbons (Fsp3) is 0.118. The third-order valence-electron chi connectivity index (χ3n) is 3.50. The summed E-state index contributed by atoms with van der Waals surface area (Å²) in [5.41, 5.74) is 2.36. The van der Waals surface area contributed by atoms with Crippen LogP contribution in [0.1, 0.15) is 17.2 Å². The van der Waals surface area contributed by atoms with E-state index in [9.17, 15) is 0 Å². The zero-order valence-corrected chi connectivity index (χ0v) is 11.9. The van der Waals surface area contributed by atoms with Crippen molar-refractivity contribution >= 4 is 22.4 Å². The maximum absolute atomic E-state index is 6.11. The molecule has 0 bridgehead atoms. The highest BCUT2D eigenvalue weighted by atomic mass is 35.5. The number of rotatable bonds is 3. The third-order valence-corrected chi connectivity index (χ3v) is 3.73. The molecule has 20 heavy (non-hydrogen) atoms. The van der Waals surface area contributed by atoms with Gasteiger partial charge in [0.2, 0.25) is 0 Å². The number of aromatic nitrogens is 1. The summed E-state index contributed by atoms with van der Waals surface area (Å²) in [6, 6.07) is 16.4. The molecule has 0 fully saturated rings. The lowest BCUT2D eigenvalue weighted by Gasteiger charge is -2.19. The normalized spacial score (nSPS) is 12.5. The van der Waals surface area contributed by atoms with E-state index in [1.807, 2.05) is 43.7 Å². The molecule has 2 aromatic carbocycles. The molecule has 0 aliphatic rings. The molecule has 1 atom stereocenters. The lowest BCUT2D eigenvalue weighted by atomic mass is 9.95. The molecule has 0 radical (unpaired) electrons. The second-order valence-electron chi connectivity index (χ2n) is 4.72. The van der Waals surface area contributed by atoms with E-state index in [0.717, 1.165) is 16.0 Å². The van der Waals surface area contributed by atoms with Gasteiger partial charge in [0.15, 0.2) is 0 Å². The molecule has 100 valence electrons. The highest BCUT2D eigenvalue weighted by molar-refractivity contribution is 6.30. The van der Waals surface area contributed by atoms with Crippen molar-refractivity contribution in [3.8, 4) is 0 Å². The largest absolute Gasteiger partial charge is 0.309 e. The minimum absolute atomic E-state index is 0.0987. The SMILES string of the molecule is CNC(c1cccc(Cl)c1)c1cccc2ccncc12. The lowest BCUT2D eigenvalue weighted by Crippen LogP contribution is -2.18. The zero-order chi connectivity index (χ0) is 13.9. The highest BCUT2D eigenvalue weighted by Gasteiger charge is 2.14. The molecule has 1 N–H and O–H groups in total. The van der Waals surface area contributed by atoms with Gasteiger partial charge in [-0.05, 0) is 41.8 Å². The van der Waals surface area contributed by atoms with Crippen LogP contribution in [0, 0.1) is 0 Å². The standard InChI is InChI=1S/C17H15ClN2/c1-19-17(13-5-2-6-14(18)10-13)15-7-3-4-12-8-9-20-11-16(12)15/h2-11,17,19H,1H3. The van der Waals surface area contributed by atoms with Crippen LogP contribution in [0.4, 0.5) is 0 Å². The first-order valence-electron chi connectivity index (χ1n) is 6.55. The van der Waals surface area contributed by atoms with Crippen LogP contribution in [-0.2, 0) is 0 Å². The number of fused-ring (bicyclic) bond motifs is 1. The summed E-state index contributed by atoms with van der Waals surface area (Å²) in [4.78, 5) is 4.25. The van der Waals surface area contributed by atoms with Gasteiger partial charge in [-0.2, -0.15) is 0 Å². The summed E-state index contributed by atoms with van der Waals surface area (Å²) >= 11 is 6.11. The number of nitrogens with one attached hydrogen (secondary N) is 1. The Hall–Kier alpha value is -1.90. The Kier molecular flexibility index (Phi) is 3.68. The number of halogens is 1. The van der Waals surface area contributed by atoms with Crippen molar-refractivity contribution in [3.63, 3.8) is 0 Å². The van der Waals surface area contributed by atoms with Gasteiger partial charge in [-0.3, -0.25) is 4.98 Å². The highest BCUT2D eigenvalue weighted by Crippen LogP contribution is 2.29. The van der Waals surface area contributed by atoms with E-state index in [0.29, 0.717) is 0 Å². The molecule has 2 nitrogen and oxygen atoms in total. The minimum atomic E-state index is 0.0987. The van der Waals surface area contributed by atoms with Gasteiger partial charge in [0, 0.05) is 22.8 Å². The molecular weight excluding hydrogens is 268 g/mol. The third kappa shape index (κ3) is 2.40. The van der Waals surface area contributed by atoms with Gasteiger partial charge in [0.05, 0.1) is 6.04 Å². The molecule has 0 amide bonds. The van der Waals surface area contributed by atoms with Crippen LogP contribution in [0.2, 0.25) is 5.02 Å². The van der Waals surface area contributed by atoms with E-state index in [-0.39, 0.29) is 6.04 Å². The predicted molar refractivity (Wildman–Crippen MR) is 84.1 cm³/mol. The first kappa shape index (κ1) is 13.1. The quantitative estimate of drug-likeness (QED) is 0.779. The summed E-state index contributed by atoms with van der Waals surface area (Å²) < 4.78 is 0. The van der Waals surface area contributed by atoms with Crippen LogP contribution in [0.5, 0.6) is 0 Å². The first-order valence-corrected chi connectivity index (χ1v) is 6.93. The molecule has 0 saturated carbocycles. The summed E-state index contributed by atoms with van der Waals surface area (Å²) in [6.07, 6.45) is 3.74. The minimum Gasteiger partial charge on any atom is -0.309 e. The van der Waals surface area contributed by atoms with Gasteiger partial charge >= 0.3 is 0 Å². The van der Waals surface area contributed by atoms with E-state index in [1.54, 1.807) is 0 Å². The Bertz CT molecular complexity index is 734. The molecule has 3 aromatic rings. The molecule has 1 aromatic heterocycles. The van der Waals surface area contributed by atoms with E-state index in [1.165, 1.54) is 10.9 Å². The van der Waals surface area contributed by atoms with Crippen LogP contribution in [0.25, 0.3) is 10.8 Å². The summed E-state index contributed by atoms with van der Waals surface area (Å²) in [5, 5.41) is 6.47. The van der Waals surface area contributed by atoms with Gasteiger partial charge in [-0.25, -0.2) is 0 Å². The Morgan fingerprint density at radius 3 is 2.75 bits per heavy atom. The Morgan fingerprint density at radius 2 is 1.95 bits per heavy atom. The molecule has 0 aliphatic carbocycles. The fourth-order valence-electron chi connectivity index (χ4n) is 2.58. The van der Waals surface area contributed by atoms with Crippen LogP contribution in [0.3, 0.4) is 0 Å². The Morgan fingerprint density at radius 1 is 1.10 bits per heavy atom. The van der Waals surface area contributed by atoms with E-state index < -0.39 is 0 Å². The fourth-order valence-corrected chi connectivity index (χ4v) is 2.78. The van der Waals surface area contributed by atoms with E-state index >= 15 is 0 Å². The monoisotopic (exact) mass is 282 g/mol. The number of hydrogen-bond donors (Lipinski definition) is 1. The number of benzene rings is 2. The Balaban J connectivity index is 2.17. The van der Waals surface area contributed by atoms with Crippen LogP contribution >= 0.6 is 11.6 Å². The van der Waals surface area contributed by atoms with Crippen LogP contribution in [0.15, 0.2) is 60.9 Å². The lowest BCUT2D eigenvalue weighted by molar-refractivity contribution is 0.697. The van der Waals surface area contributed by atoms with Gasteiger partial charge < -0.3 is 5.32 Å². The summed E-state index contributed by atoms with van der Waals surface area (Å²) in [5.74, 6) is 0. The average Bonchev–Trinajstić information content (AvgIpc) is 2.48. The van der Waals surface area contributed by atoms with Gasteiger partial charge in [-0.1, -0.05) is 41.9 Å². The predicted octanol–water partition coefficient (Wildman–Crippen LogP) is 4.20. The van der Waals surface area contributed by atoms with E-state index in [4.69, 9.17) is 11.6 Å². The molecule has 0 saturated heterocycles. The van der Waals surface area contributed by atoms with Gasteiger partial charge in [0.1, 0.15) is 0 Å². The topological polar surface area (TPSA) is 24.9 Å². The maximum atomic E-state index is 6.11. The van der Waals surface area contributed by atoms with Gasteiger partial charge in [0.25, 0.3) is 0 Å². The van der Waals surface area contributed by atoms with Crippen molar-refractivity contribution in [1.29, 1.82) is 0 Å². The molecule has 1 heterocycles. The van der Waals surface area contributed by atoms with Crippen molar-refractivity contribution in [1.82, 2.24) is 10.3 Å². The van der Waals surface area contributed by atoms with Crippen molar-refractivity contribution in [2.24, 2.45) is 0 Å². The van der Waals surface area contributed by atoms with Gasteiger partial charge in [-0.15, -0.1) is 0 Å². The second-order valence-corrected chi connectivity index (χ2v) is 5.16. The van der Waals surface area contributed by atoms with E-state index in [2.05, 4.69) is 34.6 Å². The number of pyridine rings is 1. The van der Waals surface area contributed by atoms with Crippen LogP contribution < -0.4 is 5.32 Å². The zero-order valence-electron chi connectivity index (χ0n) is 11.2. The van der Waals surface area contributed by atoms with Crippen molar-refractivity contribution in [3.05, 3.63) is 77.1 Å². The van der Waals surface area contributed by atoms with Crippen LogP contribution in [-0.4, -0.2) is 12.0 Å². The van der Waals surface area contributed by atoms with Crippen molar-refractivity contribution in [2.75, 3.05) is 7.05 Å². The molecule has 1 unspecified atom stereocenters. The summed E-state index contributed by atoms with van der Waals surface area (Å²) in [7, 11) is 1.96. The van der Waals surface area contributed by atoms with Crippen molar-refractivity contribution < 1.29 is 0 Å². The molecule has 0 spiro atoms. The molecule has 3 heteroatoms. The molecular formula is C17H15ClN2. The molecule has 3 rings (SSSR count). The second kappa shape index (κ2) is 5.61. The Labute approximate surface area is 123 Å². The smallest absolute Gasteiger partial charge is 0.0581 e. The van der Waals surface area contributed by atoms with Crippen molar-refractivity contribution in [2.45, 2.75) is 6.04 Å². The molecule has 0 aliphatic heterocycles. The maximum Gasteiger partial charge on any atom is 0.0581 e. The average molecular weight is 283 g/mol. The number of nitrogens with zero attached hydrogens (tertiary/aromatic N) is 1.